The van der Waals surface area contributed by atoms with Crippen molar-refractivity contribution in [3.63, 3.8) is 0 Å². The van der Waals surface area contributed by atoms with E-state index >= 15 is 0 Å². The van der Waals surface area contributed by atoms with Crippen LogP contribution in [-0.2, 0) is 10.0 Å². The summed E-state index contributed by atoms with van der Waals surface area (Å²) in [5, 5.41) is 2.70. The fourth-order valence-corrected chi connectivity index (χ4v) is 4.77. The van der Waals surface area contributed by atoms with E-state index < -0.39 is 33.6 Å². The molecule has 0 aromatic heterocycles. The molecule has 0 radical (unpaired) electrons. The highest BCUT2D eigenvalue weighted by Crippen LogP contribution is 2.24. The highest BCUT2D eigenvalue weighted by atomic mass is 32.2. The number of hydrogen-bond acceptors (Lipinski definition) is 3. The normalized spacial score (nSPS) is 17.1. The van der Waals surface area contributed by atoms with Crippen LogP contribution in [0, 0.1) is 17.6 Å². The molecule has 0 aliphatic carbocycles. The Kier molecular flexibility index (Phi) is 6.33. The summed E-state index contributed by atoms with van der Waals surface area (Å²) in [5.74, 6) is -1.85. The van der Waals surface area contributed by atoms with Gasteiger partial charge in [-0.3, -0.25) is 4.79 Å². The highest BCUT2D eigenvalue weighted by Gasteiger charge is 2.28. The van der Waals surface area contributed by atoms with Crippen molar-refractivity contribution in [2.24, 2.45) is 5.92 Å². The number of nitrogens with zero attached hydrogens (tertiary/aromatic N) is 1. The zero-order valence-corrected chi connectivity index (χ0v) is 17.2. The molecule has 1 heterocycles. The second-order valence-electron chi connectivity index (χ2n) is 7.48. The van der Waals surface area contributed by atoms with Gasteiger partial charge in [0.15, 0.2) is 11.6 Å². The molecule has 1 N–H and O–H groups in total. The van der Waals surface area contributed by atoms with Gasteiger partial charge >= 0.3 is 0 Å². The van der Waals surface area contributed by atoms with Gasteiger partial charge in [0.25, 0.3) is 5.91 Å². The predicted octanol–water partition coefficient (Wildman–Crippen LogP) is 3.88. The van der Waals surface area contributed by atoms with E-state index in [1.807, 2.05) is 0 Å². The van der Waals surface area contributed by atoms with Gasteiger partial charge in [0, 0.05) is 18.7 Å². The van der Waals surface area contributed by atoms with E-state index in [0.717, 1.165) is 25.0 Å². The summed E-state index contributed by atoms with van der Waals surface area (Å²) in [4.78, 5) is 12.6. The first kappa shape index (κ1) is 21.4. The number of piperidine rings is 1. The Balaban J connectivity index is 1.69. The topological polar surface area (TPSA) is 66.5 Å². The minimum atomic E-state index is -3.58. The van der Waals surface area contributed by atoms with Gasteiger partial charge < -0.3 is 5.32 Å². The summed E-state index contributed by atoms with van der Waals surface area (Å²) >= 11 is 0. The molecule has 5 nitrogen and oxygen atoms in total. The van der Waals surface area contributed by atoms with Crippen LogP contribution in [0.4, 0.5) is 8.78 Å². The molecule has 3 rings (SSSR count). The van der Waals surface area contributed by atoms with Gasteiger partial charge in [-0.05, 0) is 67.6 Å². The van der Waals surface area contributed by atoms with Crippen molar-refractivity contribution in [2.45, 2.75) is 37.6 Å². The largest absolute Gasteiger partial charge is 0.346 e. The zero-order valence-electron chi connectivity index (χ0n) is 16.4. The van der Waals surface area contributed by atoms with Crippen molar-refractivity contribution in [2.75, 3.05) is 13.1 Å². The number of carbonyl (C=O) groups excluding carboxylic acids is 1. The van der Waals surface area contributed by atoms with Crippen LogP contribution in [0.3, 0.4) is 0 Å². The van der Waals surface area contributed by atoms with Crippen LogP contribution in [0.25, 0.3) is 0 Å². The standard InChI is InChI=1S/C21H24F2N2O3S/c1-14-9-11-25(12-10-14)29(27,28)18-6-3-16(4-7-18)21(26)24-15(2)17-5-8-19(22)20(23)13-17/h3-8,13-15H,9-12H2,1-2H3,(H,24,26). The lowest BCUT2D eigenvalue weighted by Crippen LogP contribution is -2.37. The number of hydrogen-bond donors (Lipinski definition) is 1. The van der Waals surface area contributed by atoms with E-state index in [4.69, 9.17) is 0 Å². The molecule has 1 amide bonds. The number of benzene rings is 2. The molecule has 1 saturated heterocycles. The van der Waals surface area contributed by atoms with E-state index in [0.29, 0.717) is 24.6 Å². The molecule has 2 aromatic rings. The van der Waals surface area contributed by atoms with Gasteiger partial charge in [0.1, 0.15) is 0 Å². The Morgan fingerprint density at radius 1 is 1.07 bits per heavy atom. The molecular formula is C21H24F2N2O3S. The Morgan fingerprint density at radius 3 is 2.28 bits per heavy atom. The SMILES string of the molecule is CC1CCN(S(=O)(=O)c2ccc(C(=O)NC(C)c3ccc(F)c(F)c3)cc2)CC1. The molecule has 0 spiro atoms. The molecule has 0 bridgehead atoms. The highest BCUT2D eigenvalue weighted by molar-refractivity contribution is 7.89. The average molecular weight is 422 g/mol. The van der Waals surface area contributed by atoms with Gasteiger partial charge in [0.05, 0.1) is 10.9 Å². The quantitative estimate of drug-likeness (QED) is 0.795. The average Bonchev–Trinajstić information content (AvgIpc) is 2.70. The smallest absolute Gasteiger partial charge is 0.251 e. The maximum atomic E-state index is 13.4. The number of sulfonamides is 1. The monoisotopic (exact) mass is 422 g/mol. The van der Waals surface area contributed by atoms with Gasteiger partial charge in [-0.25, -0.2) is 17.2 Å². The molecule has 2 aromatic carbocycles. The van der Waals surface area contributed by atoms with Crippen molar-refractivity contribution in [3.05, 3.63) is 65.2 Å². The van der Waals surface area contributed by atoms with Crippen LogP contribution < -0.4 is 5.32 Å². The zero-order chi connectivity index (χ0) is 21.2. The fraction of sp³-hybridized carbons (Fsp3) is 0.381. The summed E-state index contributed by atoms with van der Waals surface area (Å²) in [6.07, 6.45) is 1.67. The van der Waals surface area contributed by atoms with Gasteiger partial charge in [-0.1, -0.05) is 13.0 Å². The van der Waals surface area contributed by atoms with E-state index in [-0.39, 0.29) is 10.5 Å². The van der Waals surface area contributed by atoms with Crippen molar-refractivity contribution in [3.8, 4) is 0 Å². The minimum absolute atomic E-state index is 0.150. The number of carbonyl (C=O) groups is 1. The summed E-state index contributed by atoms with van der Waals surface area (Å²) in [6.45, 7) is 4.76. The summed E-state index contributed by atoms with van der Waals surface area (Å²) < 4.78 is 53.4. The molecule has 1 fully saturated rings. The number of amides is 1. The van der Waals surface area contributed by atoms with Gasteiger partial charge in [0.2, 0.25) is 10.0 Å². The van der Waals surface area contributed by atoms with Crippen molar-refractivity contribution < 1.29 is 22.0 Å². The van der Waals surface area contributed by atoms with E-state index in [2.05, 4.69) is 12.2 Å². The Hall–Kier alpha value is -2.32. The molecule has 156 valence electrons. The summed E-state index contributed by atoms with van der Waals surface area (Å²) in [6, 6.07) is 8.65. The second kappa shape index (κ2) is 8.59. The number of halogens is 2. The molecule has 1 aliphatic heterocycles. The third kappa shape index (κ3) is 4.82. The van der Waals surface area contributed by atoms with E-state index in [1.54, 1.807) is 6.92 Å². The molecule has 1 atom stereocenters. The first-order valence-electron chi connectivity index (χ1n) is 9.54. The van der Waals surface area contributed by atoms with Crippen LogP contribution >= 0.6 is 0 Å². The number of nitrogens with one attached hydrogen (secondary N) is 1. The Labute approximate surface area is 169 Å². The Morgan fingerprint density at radius 2 is 1.69 bits per heavy atom. The van der Waals surface area contributed by atoms with E-state index in [9.17, 15) is 22.0 Å². The lowest BCUT2D eigenvalue weighted by atomic mass is 10.0. The molecular weight excluding hydrogens is 398 g/mol. The summed E-state index contributed by atoms with van der Waals surface area (Å²) in [7, 11) is -3.58. The maximum Gasteiger partial charge on any atom is 0.251 e. The maximum absolute atomic E-state index is 13.4. The molecule has 8 heteroatoms. The first-order chi connectivity index (χ1) is 13.7. The lowest BCUT2D eigenvalue weighted by Gasteiger charge is -2.29. The lowest BCUT2D eigenvalue weighted by molar-refractivity contribution is 0.0939. The predicted molar refractivity (Wildman–Crippen MR) is 106 cm³/mol. The van der Waals surface area contributed by atoms with Crippen molar-refractivity contribution in [1.29, 1.82) is 0 Å². The van der Waals surface area contributed by atoms with Crippen LogP contribution in [0.15, 0.2) is 47.4 Å². The summed E-state index contributed by atoms with van der Waals surface area (Å²) in [5.41, 5.74) is 0.710. The van der Waals surface area contributed by atoms with Crippen LogP contribution in [0.5, 0.6) is 0 Å². The fourth-order valence-electron chi connectivity index (χ4n) is 3.30. The van der Waals surface area contributed by atoms with Gasteiger partial charge in [-0.2, -0.15) is 4.31 Å². The third-order valence-corrected chi connectivity index (χ3v) is 7.20. The van der Waals surface area contributed by atoms with Crippen LogP contribution in [0.2, 0.25) is 0 Å². The van der Waals surface area contributed by atoms with Gasteiger partial charge in [-0.15, -0.1) is 0 Å². The first-order valence-corrected chi connectivity index (χ1v) is 11.0. The Bertz CT molecular complexity index is 985. The van der Waals surface area contributed by atoms with Crippen molar-refractivity contribution >= 4 is 15.9 Å². The molecule has 1 unspecified atom stereocenters. The third-order valence-electron chi connectivity index (χ3n) is 5.29. The van der Waals surface area contributed by atoms with Crippen LogP contribution in [0.1, 0.15) is 48.7 Å². The number of rotatable bonds is 5. The molecule has 1 aliphatic rings. The molecule has 0 saturated carbocycles. The molecule has 29 heavy (non-hydrogen) atoms. The second-order valence-corrected chi connectivity index (χ2v) is 9.42. The minimum Gasteiger partial charge on any atom is -0.346 e. The van der Waals surface area contributed by atoms with Crippen LogP contribution in [-0.4, -0.2) is 31.7 Å². The van der Waals surface area contributed by atoms with E-state index in [1.165, 1.54) is 34.6 Å². The van der Waals surface area contributed by atoms with Crippen molar-refractivity contribution in [1.82, 2.24) is 9.62 Å².